The zero-order chi connectivity index (χ0) is 15.4. The molecule has 2 rings (SSSR count). The highest BCUT2D eigenvalue weighted by Gasteiger charge is 2.20. The van der Waals surface area contributed by atoms with Crippen LogP contribution in [0.3, 0.4) is 0 Å². The number of hydrogen-bond donors (Lipinski definition) is 0. The van der Waals surface area contributed by atoms with E-state index in [0.717, 1.165) is 0 Å². The van der Waals surface area contributed by atoms with E-state index >= 15 is 0 Å². The molecule has 0 aliphatic heterocycles. The number of hydrogen-bond acceptors (Lipinski definition) is 5. The molecule has 6 heteroatoms. The van der Waals surface area contributed by atoms with Crippen LogP contribution in [0.1, 0.15) is 11.1 Å². The van der Waals surface area contributed by atoms with E-state index in [4.69, 9.17) is 10.5 Å². The summed E-state index contributed by atoms with van der Waals surface area (Å²) in [5.74, 6) is 0. The number of nitrogens with zero attached hydrogens (tertiary/aromatic N) is 4. The normalized spacial score (nSPS) is 9.48. The highest BCUT2D eigenvalue weighted by Crippen LogP contribution is 2.34. The first-order chi connectivity index (χ1) is 10.1. The summed E-state index contributed by atoms with van der Waals surface area (Å²) >= 11 is 0. The van der Waals surface area contributed by atoms with E-state index in [9.17, 15) is 10.1 Å². The molecular formula is C15H10N4O2. The molecule has 0 amide bonds. The Morgan fingerprint density at radius 2 is 1.81 bits per heavy atom. The van der Waals surface area contributed by atoms with Gasteiger partial charge >= 0.3 is 0 Å². The second-order valence-corrected chi connectivity index (χ2v) is 4.26. The Kier molecular flexibility index (Phi) is 3.83. The molecule has 0 bridgehead atoms. The largest absolute Gasteiger partial charge is 0.338 e. The van der Waals surface area contributed by atoms with Crippen molar-refractivity contribution < 1.29 is 4.92 Å². The highest BCUT2D eigenvalue weighted by molar-refractivity contribution is 5.76. The molecule has 0 aliphatic carbocycles. The number of para-hydroxylation sites is 1. The van der Waals surface area contributed by atoms with E-state index in [1.54, 1.807) is 31.3 Å². The fourth-order valence-electron chi connectivity index (χ4n) is 2.01. The quantitative estimate of drug-likeness (QED) is 0.635. The summed E-state index contributed by atoms with van der Waals surface area (Å²) < 4.78 is 0. The van der Waals surface area contributed by atoms with Gasteiger partial charge in [0.2, 0.25) is 0 Å². The van der Waals surface area contributed by atoms with Crippen molar-refractivity contribution in [2.24, 2.45) is 0 Å². The molecule has 0 heterocycles. The molecule has 21 heavy (non-hydrogen) atoms. The summed E-state index contributed by atoms with van der Waals surface area (Å²) in [6.07, 6.45) is 0. The molecule has 0 unspecified atom stereocenters. The molecule has 0 saturated carbocycles. The first-order valence-electron chi connectivity index (χ1n) is 6.00. The van der Waals surface area contributed by atoms with Gasteiger partial charge in [-0.3, -0.25) is 10.1 Å². The van der Waals surface area contributed by atoms with E-state index in [-0.39, 0.29) is 11.4 Å². The van der Waals surface area contributed by atoms with Crippen molar-refractivity contribution in [1.82, 2.24) is 0 Å². The molecule has 0 aliphatic rings. The van der Waals surface area contributed by atoms with E-state index in [1.165, 1.54) is 23.1 Å². The van der Waals surface area contributed by atoms with Crippen LogP contribution < -0.4 is 4.90 Å². The maximum absolute atomic E-state index is 11.1. The molecule has 0 N–H and O–H groups in total. The smallest absolute Gasteiger partial charge is 0.292 e. The van der Waals surface area contributed by atoms with Crippen LogP contribution in [0.15, 0.2) is 42.5 Å². The maximum Gasteiger partial charge on any atom is 0.292 e. The minimum atomic E-state index is -0.512. The Labute approximate surface area is 121 Å². The molecule has 0 atom stereocenters. The van der Waals surface area contributed by atoms with E-state index in [2.05, 4.69) is 0 Å². The summed E-state index contributed by atoms with van der Waals surface area (Å²) in [6, 6.07) is 14.9. The molecular weight excluding hydrogens is 268 g/mol. The lowest BCUT2D eigenvalue weighted by Gasteiger charge is -2.20. The Balaban J connectivity index is 2.62. The lowest BCUT2D eigenvalue weighted by atomic mass is 10.1. The summed E-state index contributed by atoms with van der Waals surface area (Å²) in [7, 11) is 1.62. The number of benzene rings is 2. The van der Waals surface area contributed by atoms with Crippen LogP contribution in [0.5, 0.6) is 0 Å². The molecule has 102 valence electrons. The number of nitriles is 2. The average molecular weight is 278 g/mol. The molecule has 0 spiro atoms. The molecule has 0 aromatic heterocycles. The van der Waals surface area contributed by atoms with Crippen LogP contribution in [-0.4, -0.2) is 12.0 Å². The lowest BCUT2D eigenvalue weighted by molar-refractivity contribution is -0.384. The molecule has 2 aromatic carbocycles. The molecule has 0 radical (unpaired) electrons. The fraction of sp³-hybridized carbons (Fsp3) is 0.0667. The van der Waals surface area contributed by atoms with E-state index < -0.39 is 4.92 Å². The molecule has 2 aromatic rings. The van der Waals surface area contributed by atoms with Gasteiger partial charge in [-0.2, -0.15) is 10.5 Å². The van der Waals surface area contributed by atoms with Crippen molar-refractivity contribution in [3.63, 3.8) is 0 Å². The zero-order valence-corrected chi connectivity index (χ0v) is 11.1. The molecule has 0 fully saturated rings. The number of nitro groups is 1. The fourth-order valence-corrected chi connectivity index (χ4v) is 2.01. The standard InChI is InChI=1S/C15H10N4O2/c1-18(13-5-3-2-4-12(13)10-17)15-8-11(9-16)6-7-14(15)19(20)21/h2-8H,1H3. The lowest BCUT2D eigenvalue weighted by Crippen LogP contribution is -2.13. The van der Waals surface area contributed by atoms with Gasteiger partial charge in [-0.1, -0.05) is 12.1 Å². The van der Waals surface area contributed by atoms with Gasteiger partial charge in [-0.15, -0.1) is 0 Å². The van der Waals surface area contributed by atoms with Crippen molar-refractivity contribution in [3.05, 3.63) is 63.7 Å². The monoisotopic (exact) mass is 278 g/mol. The summed E-state index contributed by atoms with van der Waals surface area (Å²) in [6.45, 7) is 0. The van der Waals surface area contributed by atoms with Crippen molar-refractivity contribution in [3.8, 4) is 12.1 Å². The number of rotatable bonds is 3. The predicted octanol–water partition coefficient (Wildman–Crippen LogP) is 3.11. The number of nitro benzene ring substituents is 1. The van der Waals surface area contributed by atoms with Crippen LogP contribution in [0.25, 0.3) is 0 Å². The van der Waals surface area contributed by atoms with E-state index in [1.807, 2.05) is 12.1 Å². The molecule has 6 nitrogen and oxygen atoms in total. The zero-order valence-electron chi connectivity index (χ0n) is 11.1. The minimum Gasteiger partial charge on any atom is -0.338 e. The van der Waals surface area contributed by atoms with Gasteiger partial charge in [-0.25, -0.2) is 0 Å². The van der Waals surface area contributed by atoms with Gasteiger partial charge in [0.15, 0.2) is 0 Å². The van der Waals surface area contributed by atoms with Gasteiger partial charge in [0.1, 0.15) is 11.8 Å². The third-order valence-electron chi connectivity index (χ3n) is 3.05. The van der Waals surface area contributed by atoms with Crippen LogP contribution >= 0.6 is 0 Å². The summed E-state index contributed by atoms with van der Waals surface area (Å²) in [4.78, 5) is 12.2. The Morgan fingerprint density at radius 1 is 1.10 bits per heavy atom. The van der Waals surface area contributed by atoms with E-state index in [0.29, 0.717) is 16.8 Å². The van der Waals surface area contributed by atoms with Gasteiger partial charge in [0.05, 0.1) is 27.8 Å². The van der Waals surface area contributed by atoms with Gasteiger partial charge in [0, 0.05) is 13.1 Å². The summed E-state index contributed by atoms with van der Waals surface area (Å²) in [5.41, 5.74) is 1.40. The van der Waals surface area contributed by atoms with Gasteiger partial charge in [-0.05, 0) is 24.3 Å². The second kappa shape index (κ2) is 5.72. The average Bonchev–Trinajstić information content (AvgIpc) is 2.53. The predicted molar refractivity (Wildman–Crippen MR) is 77.0 cm³/mol. The van der Waals surface area contributed by atoms with Crippen LogP contribution in [-0.2, 0) is 0 Å². The first kappa shape index (κ1) is 14.0. The summed E-state index contributed by atoms with van der Waals surface area (Å²) in [5, 5.41) is 29.2. The SMILES string of the molecule is CN(c1ccccc1C#N)c1cc(C#N)ccc1[N+](=O)[O-]. The van der Waals surface area contributed by atoms with Crippen LogP contribution in [0.2, 0.25) is 0 Å². The minimum absolute atomic E-state index is 0.121. The van der Waals surface area contributed by atoms with Gasteiger partial charge < -0.3 is 4.90 Å². The maximum atomic E-state index is 11.1. The first-order valence-corrected chi connectivity index (χ1v) is 6.00. The van der Waals surface area contributed by atoms with Crippen molar-refractivity contribution in [2.45, 2.75) is 0 Å². The Bertz CT molecular complexity index is 787. The Morgan fingerprint density at radius 3 is 2.43 bits per heavy atom. The third kappa shape index (κ3) is 2.65. The second-order valence-electron chi connectivity index (χ2n) is 4.26. The highest BCUT2D eigenvalue weighted by atomic mass is 16.6. The van der Waals surface area contributed by atoms with Gasteiger partial charge in [0.25, 0.3) is 5.69 Å². The Hall–Kier alpha value is -3.38. The molecule has 0 saturated heterocycles. The third-order valence-corrected chi connectivity index (χ3v) is 3.05. The van der Waals surface area contributed by atoms with Crippen LogP contribution in [0, 0.1) is 32.8 Å². The van der Waals surface area contributed by atoms with Crippen molar-refractivity contribution in [2.75, 3.05) is 11.9 Å². The topological polar surface area (TPSA) is 94.0 Å². The number of anilines is 2. The van der Waals surface area contributed by atoms with Crippen molar-refractivity contribution in [1.29, 1.82) is 10.5 Å². The van der Waals surface area contributed by atoms with Crippen LogP contribution in [0.4, 0.5) is 17.1 Å². The van der Waals surface area contributed by atoms with Crippen molar-refractivity contribution >= 4 is 17.1 Å².